The van der Waals surface area contributed by atoms with Crippen LogP contribution in [0.25, 0.3) is 0 Å². The van der Waals surface area contributed by atoms with Crippen molar-refractivity contribution in [3.63, 3.8) is 0 Å². The second-order valence-electron chi connectivity index (χ2n) is 4.05. The van der Waals surface area contributed by atoms with Gasteiger partial charge >= 0.3 is 0 Å². The second-order valence-corrected chi connectivity index (χ2v) is 4.05. The van der Waals surface area contributed by atoms with Gasteiger partial charge in [-0.25, -0.2) is 0 Å². The third kappa shape index (κ3) is 3.71. The van der Waals surface area contributed by atoms with Crippen LogP contribution in [0.1, 0.15) is 51.6 Å². The van der Waals surface area contributed by atoms with Crippen LogP contribution in [-0.4, -0.2) is 11.1 Å². The van der Waals surface area contributed by atoms with Crippen molar-refractivity contribution in [2.75, 3.05) is 6.54 Å². The molecule has 86 valence electrons. The molecule has 0 aliphatic carbocycles. The first-order valence-corrected chi connectivity index (χ1v) is 6.20. The van der Waals surface area contributed by atoms with E-state index in [9.17, 15) is 0 Å². The third-order valence-electron chi connectivity index (χ3n) is 2.80. The lowest BCUT2D eigenvalue weighted by Gasteiger charge is -2.13. The molecular formula is C13H24N2. The zero-order valence-corrected chi connectivity index (χ0v) is 10.3. The van der Waals surface area contributed by atoms with Crippen molar-refractivity contribution < 1.29 is 0 Å². The van der Waals surface area contributed by atoms with Crippen molar-refractivity contribution in [2.45, 2.75) is 52.6 Å². The van der Waals surface area contributed by atoms with E-state index in [4.69, 9.17) is 0 Å². The molecule has 1 heterocycles. The number of hydrogen-bond donors (Lipinski definition) is 1. The van der Waals surface area contributed by atoms with E-state index in [1.807, 2.05) is 0 Å². The van der Waals surface area contributed by atoms with Gasteiger partial charge in [0.1, 0.15) is 0 Å². The molecule has 1 rings (SSSR count). The van der Waals surface area contributed by atoms with Crippen molar-refractivity contribution in [3.8, 4) is 0 Å². The molecule has 0 radical (unpaired) electrons. The largest absolute Gasteiger partial charge is 0.354 e. The van der Waals surface area contributed by atoms with E-state index in [1.165, 1.54) is 18.4 Å². The molecule has 0 bridgehead atoms. The minimum absolute atomic E-state index is 0.526. The Labute approximate surface area is 93.7 Å². The molecule has 0 amide bonds. The summed E-state index contributed by atoms with van der Waals surface area (Å²) in [6.07, 6.45) is 8.17. The predicted octanol–water partition coefficient (Wildman–Crippen LogP) is 3.35. The lowest BCUT2D eigenvalue weighted by molar-refractivity contribution is 0.535. The molecule has 2 heteroatoms. The Bertz CT molecular complexity index is 265. The molecular weight excluding hydrogens is 184 g/mol. The van der Waals surface area contributed by atoms with E-state index in [0.717, 1.165) is 19.5 Å². The van der Waals surface area contributed by atoms with Gasteiger partial charge in [-0.2, -0.15) is 0 Å². The molecule has 15 heavy (non-hydrogen) atoms. The second kappa shape index (κ2) is 6.67. The van der Waals surface area contributed by atoms with E-state index in [-0.39, 0.29) is 0 Å². The standard InChI is InChI=1S/C13H24N2/c1-4-7-9-15-10-8-12(11-15)13(5-2)14-6-3/h8,10-11,13-14H,4-7,9H2,1-3H3. The van der Waals surface area contributed by atoms with Crippen LogP contribution >= 0.6 is 0 Å². The molecule has 0 aliphatic rings. The quantitative estimate of drug-likeness (QED) is 0.727. The van der Waals surface area contributed by atoms with Gasteiger partial charge in [-0.3, -0.25) is 0 Å². The molecule has 1 aromatic rings. The van der Waals surface area contributed by atoms with Crippen LogP contribution < -0.4 is 5.32 Å². The Balaban J connectivity index is 2.56. The Morgan fingerprint density at radius 3 is 2.73 bits per heavy atom. The zero-order chi connectivity index (χ0) is 11.1. The van der Waals surface area contributed by atoms with Gasteiger partial charge in [-0.05, 0) is 31.0 Å². The van der Waals surface area contributed by atoms with Crippen molar-refractivity contribution >= 4 is 0 Å². The highest BCUT2D eigenvalue weighted by atomic mass is 15.0. The summed E-state index contributed by atoms with van der Waals surface area (Å²) in [5.74, 6) is 0. The fourth-order valence-electron chi connectivity index (χ4n) is 1.89. The summed E-state index contributed by atoms with van der Waals surface area (Å²) in [7, 11) is 0. The maximum absolute atomic E-state index is 3.50. The highest BCUT2D eigenvalue weighted by molar-refractivity contribution is 5.15. The monoisotopic (exact) mass is 208 g/mol. The van der Waals surface area contributed by atoms with E-state index in [0.29, 0.717) is 6.04 Å². The Morgan fingerprint density at radius 1 is 1.33 bits per heavy atom. The normalized spacial score (nSPS) is 13.0. The van der Waals surface area contributed by atoms with Gasteiger partial charge < -0.3 is 9.88 Å². The average Bonchev–Trinajstić information content (AvgIpc) is 2.71. The van der Waals surface area contributed by atoms with Crippen molar-refractivity contribution in [2.24, 2.45) is 0 Å². The average molecular weight is 208 g/mol. The first kappa shape index (κ1) is 12.3. The maximum Gasteiger partial charge on any atom is 0.0332 e. The van der Waals surface area contributed by atoms with Crippen LogP contribution in [0, 0.1) is 0 Å². The summed E-state index contributed by atoms with van der Waals surface area (Å²) in [5.41, 5.74) is 1.43. The minimum atomic E-state index is 0.526. The topological polar surface area (TPSA) is 17.0 Å². The molecule has 0 saturated carbocycles. The summed E-state index contributed by atoms with van der Waals surface area (Å²) in [4.78, 5) is 0. The Morgan fingerprint density at radius 2 is 2.13 bits per heavy atom. The first-order chi connectivity index (χ1) is 7.31. The van der Waals surface area contributed by atoms with Crippen LogP contribution in [0.4, 0.5) is 0 Å². The number of nitrogens with one attached hydrogen (secondary N) is 1. The van der Waals surface area contributed by atoms with Crippen LogP contribution in [-0.2, 0) is 6.54 Å². The smallest absolute Gasteiger partial charge is 0.0332 e. The summed E-state index contributed by atoms with van der Waals surface area (Å²) >= 11 is 0. The van der Waals surface area contributed by atoms with Crippen LogP contribution in [0.2, 0.25) is 0 Å². The number of nitrogens with zero attached hydrogens (tertiary/aromatic N) is 1. The number of hydrogen-bond acceptors (Lipinski definition) is 1. The number of aromatic nitrogens is 1. The Kier molecular flexibility index (Phi) is 5.48. The number of rotatable bonds is 7. The molecule has 1 aromatic heterocycles. The van der Waals surface area contributed by atoms with Crippen molar-refractivity contribution in [3.05, 3.63) is 24.0 Å². The molecule has 0 fully saturated rings. The molecule has 1 unspecified atom stereocenters. The van der Waals surface area contributed by atoms with Crippen molar-refractivity contribution in [1.82, 2.24) is 9.88 Å². The van der Waals surface area contributed by atoms with E-state index >= 15 is 0 Å². The molecule has 1 atom stereocenters. The molecule has 2 nitrogen and oxygen atoms in total. The Hall–Kier alpha value is -0.760. The highest BCUT2D eigenvalue weighted by Crippen LogP contribution is 2.16. The van der Waals surface area contributed by atoms with Gasteiger partial charge in [0, 0.05) is 25.0 Å². The van der Waals surface area contributed by atoms with Crippen LogP contribution in [0.3, 0.4) is 0 Å². The zero-order valence-electron chi connectivity index (χ0n) is 10.3. The van der Waals surface area contributed by atoms with E-state index < -0.39 is 0 Å². The molecule has 1 N–H and O–H groups in total. The highest BCUT2D eigenvalue weighted by Gasteiger charge is 2.08. The van der Waals surface area contributed by atoms with Crippen LogP contribution in [0.15, 0.2) is 18.5 Å². The molecule has 0 aliphatic heterocycles. The predicted molar refractivity (Wildman–Crippen MR) is 66.0 cm³/mol. The van der Waals surface area contributed by atoms with Crippen molar-refractivity contribution in [1.29, 1.82) is 0 Å². The van der Waals surface area contributed by atoms with Crippen LogP contribution in [0.5, 0.6) is 0 Å². The summed E-state index contributed by atoms with van der Waals surface area (Å²) in [6, 6.07) is 2.77. The fourth-order valence-corrected chi connectivity index (χ4v) is 1.89. The fraction of sp³-hybridized carbons (Fsp3) is 0.692. The molecule has 0 spiro atoms. The lowest BCUT2D eigenvalue weighted by atomic mass is 10.1. The number of unbranched alkanes of at least 4 members (excludes halogenated alkanes) is 1. The molecule has 0 aromatic carbocycles. The summed E-state index contributed by atoms with van der Waals surface area (Å²) in [6.45, 7) is 8.82. The van der Waals surface area contributed by atoms with Gasteiger partial charge in [0.15, 0.2) is 0 Å². The summed E-state index contributed by atoms with van der Waals surface area (Å²) < 4.78 is 2.30. The van der Waals surface area contributed by atoms with Gasteiger partial charge in [0.2, 0.25) is 0 Å². The molecule has 0 saturated heterocycles. The number of aryl methyl sites for hydroxylation is 1. The SMILES string of the molecule is CCCCn1ccc(C(CC)NCC)c1. The van der Waals surface area contributed by atoms with E-state index in [2.05, 4.69) is 49.1 Å². The summed E-state index contributed by atoms with van der Waals surface area (Å²) in [5, 5.41) is 3.50. The van der Waals surface area contributed by atoms with E-state index in [1.54, 1.807) is 0 Å². The van der Waals surface area contributed by atoms with Gasteiger partial charge in [-0.15, -0.1) is 0 Å². The third-order valence-corrected chi connectivity index (χ3v) is 2.80. The van der Waals surface area contributed by atoms with Gasteiger partial charge in [-0.1, -0.05) is 27.2 Å². The van der Waals surface area contributed by atoms with Gasteiger partial charge in [0.05, 0.1) is 0 Å². The maximum atomic E-state index is 3.50. The lowest BCUT2D eigenvalue weighted by Crippen LogP contribution is -2.19. The minimum Gasteiger partial charge on any atom is -0.354 e. The van der Waals surface area contributed by atoms with Gasteiger partial charge in [0.25, 0.3) is 0 Å². The first-order valence-electron chi connectivity index (χ1n) is 6.20.